The van der Waals surface area contributed by atoms with Gasteiger partial charge in [-0.15, -0.1) is 0 Å². The van der Waals surface area contributed by atoms with Crippen molar-refractivity contribution in [2.24, 2.45) is 0 Å². The van der Waals surface area contributed by atoms with Crippen molar-refractivity contribution in [3.63, 3.8) is 0 Å². The number of pyridine rings is 2. The lowest BCUT2D eigenvalue weighted by atomic mass is 10.0. The van der Waals surface area contributed by atoms with Gasteiger partial charge in [-0.1, -0.05) is 0 Å². The number of carbonyl (C=O) groups is 2. The number of anilines is 1. The van der Waals surface area contributed by atoms with E-state index in [-0.39, 0.29) is 18.4 Å². The van der Waals surface area contributed by atoms with E-state index in [9.17, 15) is 4.79 Å². The minimum absolute atomic E-state index is 0.130. The second kappa shape index (κ2) is 9.74. The number of amides is 1. The van der Waals surface area contributed by atoms with Crippen molar-refractivity contribution in [2.75, 3.05) is 18.8 Å². The number of hydrogen-bond donors (Lipinski definition) is 2. The van der Waals surface area contributed by atoms with Crippen LogP contribution in [0.4, 0.5) is 5.82 Å². The number of rotatable bonds is 3. The minimum atomic E-state index is -0.250. The Balaban J connectivity index is 0.000000848. The summed E-state index contributed by atoms with van der Waals surface area (Å²) >= 11 is 1.41. The molecule has 12 heteroatoms. The van der Waals surface area contributed by atoms with E-state index in [1.54, 1.807) is 31.7 Å². The first kappa shape index (κ1) is 23.4. The SMILES string of the molecule is CC(=O)N1CCC(n2cc(-c3cnc(N)c4oc(-c5cncc6cnsc56)cc34)cn2)CC1.O=CO. The topological polar surface area (TPSA) is 153 Å². The normalized spacial score (nSPS) is 14.1. The number of hydrogen-bond acceptors (Lipinski definition) is 9. The summed E-state index contributed by atoms with van der Waals surface area (Å²) in [6.45, 7) is 2.88. The third-order valence-corrected chi connectivity index (χ3v) is 7.16. The number of furan rings is 1. The van der Waals surface area contributed by atoms with Crippen LogP contribution in [0.25, 0.3) is 43.5 Å². The summed E-state index contributed by atoms with van der Waals surface area (Å²) < 4.78 is 13.5. The van der Waals surface area contributed by atoms with Crippen LogP contribution in [0.2, 0.25) is 0 Å². The molecule has 1 aliphatic rings. The molecule has 5 aromatic heterocycles. The van der Waals surface area contributed by atoms with Crippen LogP contribution in [0.1, 0.15) is 25.8 Å². The number of piperidine rings is 1. The maximum Gasteiger partial charge on any atom is 0.290 e. The van der Waals surface area contributed by atoms with E-state index in [0.717, 1.165) is 58.1 Å². The van der Waals surface area contributed by atoms with E-state index in [1.165, 1.54) is 11.5 Å². The Morgan fingerprint density at radius 1 is 1.19 bits per heavy atom. The molecule has 0 spiro atoms. The molecule has 184 valence electrons. The highest BCUT2D eigenvalue weighted by Crippen LogP contribution is 2.39. The molecule has 3 N–H and O–H groups in total. The van der Waals surface area contributed by atoms with Crippen LogP contribution in [0.15, 0.2) is 47.7 Å². The predicted octanol–water partition coefficient (Wildman–Crippen LogP) is 3.83. The van der Waals surface area contributed by atoms with Crippen LogP contribution >= 0.6 is 11.5 Å². The van der Waals surface area contributed by atoms with Crippen molar-refractivity contribution in [1.29, 1.82) is 0 Å². The molecule has 0 aliphatic carbocycles. The number of nitrogen functional groups attached to an aromatic ring is 1. The van der Waals surface area contributed by atoms with Crippen LogP contribution in [-0.4, -0.2) is 59.6 Å². The van der Waals surface area contributed by atoms with E-state index < -0.39 is 0 Å². The first-order valence-electron chi connectivity index (χ1n) is 11.2. The number of carboxylic acid groups (broad SMARTS) is 1. The van der Waals surface area contributed by atoms with Crippen molar-refractivity contribution in [2.45, 2.75) is 25.8 Å². The summed E-state index contributed by atoms with van der Waals surface area (Å²) in [4.78, 5) is 30.6. The van der Waals surface area contributed by atoms with E-state index in [0.29, 0.717) is 17.2 Å². The highest BCUT2D eigenvalue weighted by molar-refractivity contribution is 7.13. The zero-order chi connectivity index (χ0) is 25.2. The van der Waals surface area contributed by atoms with Crippen LogP contribution in [0.3, 0.4) is 0 Å². The fourth-order valence-electron chi connectivity index (χ4n) is 4.50. The van der Waals surface area contributed by atoms with Crippen LogP contribution < -0.4 is 5.73 Å². The second-order valence-corrected chi connectivity index (χ2v) is 9.20. The molecule has 5 aromatic rings. The predicted molar refractivity (Wildman–Crippen MR) is 135 cm³/mol. The average Bonchev–Trinajstić information content (AvgIpc) is 3.64. The molecule has 0 unspecified atom stereocenters. The maximum absolute atomic E-state index is 11.6. The third-order valence-electron chi connectivity index (χ3n) is 6.31. The van der Waals surface area contributed by atoms with Gasteiger partial charge in [-0.3, -0.25) is 19.3 Å². The molecule has 0 bridgehead atoms. The van der Waals surface area contributed by atoms with Gasteiger partial charge in [0.25, 0.3) is 6.47 Å². The van der Waals surface area contributed by atoms with Crippen LogP contribution in [-0.2, 0) is 9.59 Å². The van der Waals surface area contributed by atoms with Gasteiger partial charge in [0.15, 0.2) is 11.4 Å². The van der Waals surface area contributed by atoms with Crippen molar-refractivity contribution in [1.82, 2.24) is 29.0 Å². The molecule has 0 aromatic carbocycles. The van der Waals surface area contributed by atoms with Crippen LogP contribution in [0, 0.1) is 0 Å². The lowest BCUT2D eigenvalue weighted by molar-refractivity contribution is -0.130. The zero-order valence-corrected chi connectivity index (χ0v) is 20.2. The molecule has 6 heterocycles. The zero-order valence-electron chi connectivity index (χ0n) is 19.4. The molecule has 1 aliphatic heterocycles. The monoisotopic (exact) mass is 505 g/mol. The smallest absolute Gasteiger partial charge is 0.290 e. The highest BCUT2D eigenvalue weighted by atomic mass is 32.1. The summed E-state index contributed by atoms with van der Waals surface area (Å²) in [5, 5.41) is 13.4. The molecule has 0 saturated carbocycles. The largest absolute Gasteiger partial charge is 0.483 e. The first-order valence-corrected chi connectivity index (χ1v) is 12.0. The molecule has 36 heavy (non-hydrogen) atoms. The Labute approximate surface area is 209 Å². The van der Waals surface area contributed by atoms with Gasteiger partial charge in [0.05, 0.1) is 28.7 Å². The molecular weight excluding hydrogens is 482 g/mol. The van der Waals surface area contributed by atoms with Gasteiger partial charge in [0.1, 0.15) is 5.76 Å². The number of likely N-dealkylation sites (tertiary alicyclic amines) is 1. The molecule has 0 atom stereocenters. The van der Waals surface area contributed by atoms with Crippen molar-refractivity contribution >= 4 is 50.8 Å². The van der Waals surface area contributed by atoms with E-state index in [2.05, 4.69) is 19.4 Å². The van der Waals surface area contributed by atoms with Gasteiger partial charge >= 0.3 is 0 Å². The quantitative estimate of drug-likeness (QED) is 0.348. The van der Waals surface area contributed by atoms with Crippen molar-refractivity contribution in [3.8, 4) is 22.5 Å². The number of nitrogens with two attached hydrogens (primary N) is 1. The van der Waals surface area contributed by atoms with Gasteiger partial charge in [-0.25, -0.2) is 4.98 Å². The van der Waals surface area contributed by atoms with Crippen molar-refractivity contribution in [3.05, 3.63) is 43.2 Å². The molecule has 1 fully saturated rings. The minimum Gasteiger partial charge on any atom is -0.483 e. The number of carbonyl (C=O) groups excluding carboxylic acids is 1. The van der Waals surface area contributed by atoms with Crippen LogP contribution in [0.5, 0.6) is 0 Å². The standard InChI is InChI=1S/C23H21N7O2S.CH2O2/c1-13(31)29-4-2-16(3-5-29)30-12-15(8-27-30)18-11-26-23(24)21-17(18)6-20(32-21)19-10-25-7-14-9-28-33-22(14)19;2-1-3/h6-12,16H,2-5H2,1H3,(H2,24,26);1H,(H,2,3). The van der Waals surface area contributed by atoms with Gasteiger partial charge in [-0.2, -0.15) is 9.47 Å². The fraction of sp³-hybridized carbons (Fsp3) is 0.250. The third kappa shape index (κ3) is 4.26. The summed E-state index contributed by atoms with van der Waals surface area (Å²) in [6.07, 6.45) is 12.8. The van der Waals surface area contributed by atoms with E-state index in [4.69, 9.17) is 20.1 Å². The summed E-state index contributed by atoms with van der Waals surface area (Å²) in [5.74, 6) is 1.15. The van der Waals surface area contributed by atoms with E-state index >= 15 is 0 Å². The summed E-state index contributed by atoms with van der Waals surface area (Å²) in [6, 6.07) is 2.25. The number of nitrogens with zero attached hydrogens (tertiary/aromatic N) is 6. The number of fused-ring (bicyclic) bond motifs is 2. The Morgan fingerprint density at radius 3 is 2.72 bits per heavy atom. The molecule has 1 amide bonds. The average molecular weight is 506 g/mol. The van der Waals surface area contributed by atoms with E-state index in [1.807, 2.05) is 28.0 Å². The Kier molecular flexibility index (Phi) is 6.34. The summed E-state index contributed by atoms with van der Waals surface area (Å²) in [5.41, 5.74) is 9.45. The highest BCUT2D eigenvalue weighted by Gasteiger charge is 2.23. The fourth-order valence-corrected chi connectivity index (χ4v) is 5.23. The Hall–Kier alpha value is -4.32. The van der Waals surface area contributed by atoms with Crippen molar-refractivity contribution < 1.29 is 19.1 Å². The second-order valence-electron chi connectivity index (χ2n) is 8.39. The Morgan fingerprint density at radius 2 is 1.97 bits per heavy atom. The Bertz CT molecular complexity index is 1550. The van der Waals surface area contributed by atoms with Gasteiger partial charge in [-0.05, 0) is 30.4 Å². The number of aromatic nitrogens is 5. The van der Waals surface area contributed by atoms with Gasteiger partial charge < -0.3 is 20.2 Å². The molecular formula is C24H23N7O4S. The molecule has 1 saturated heterocycles. The first-order chi connectivity index (χ1) is 17.5. The van der Waals surface area contributed by atoms with Gasteiger partial charge in [0.2, 0.25) is 5.91 Å². The maximum atomic E-state index is 11.6. The molecule has 0 radical (unpaired) electrons. The molecule has 11 nitrogen and oxygen atoms in total. The lowest BCUT2D eigenvalue weighted by Gasteiger charge is -2.31. The van der Waals surface area contributed by atoms with Gasteiger partial charge in [0, 0.05) is 66.7 Å². The summed E-state index contributed by atoms with van der Waals surface area (Å²) in [7, 11) is 0. The lowest BCUT2D eigenvalue weighted by Crippen LogP contribution is -2.37. The molecule has 6 rings (SSSR count).